The number of amides is 1. The molecule has 1 aliphatic rings. The maximum Gasteiger partial charge on any atom is 0.264 e. The first-order valence-corrected chi connectivity index (χ1v) is 9.94. The van der Waals surface area contributed by atoms with Gasteiger partial charge in [-0.15, -0.1) is 0 Å². The van der Waals surface area contributed by atoms with Crippen LogP contribution in [0.3, 0.4) is 0 Å². The number of halogens is 1. The van der Waals surface area contributed by atoms with Crippen LogP contribution in [0.15, 0.2) is 29.2 Å². The molecule has 8 heteroatoms. The molecular weight excluding hydrogens is 357 g/mol. The molecule has 2 heterocycles. The lowest BCUT2D eigenvalue weighted by Gasteiger charge is -2.17. The molecule has 1 aliphatic heterocycles. The number of aromatic nitrogens is 1. The first kappa shape index (κ1) is 18.4. The first-order valence-electron chi connectivity index (χ1n) is 8.46. The molecular formula is C18H22FN3O3S. The molecule has 0 bridgehead atoms. The van der Waals surface area contributed by atoms with Crippen LogP contribution in [-0.2, 0) is 17.1 Å². The Morgan fingerprint density at radius 1 is 1.08 bits per heavy atom. The minimum atomic E-state index is -4.00. The van der Waals surface area contributed by atoms with E-state index in [4.69, 9.17) is 0 Å². The minimum absolute atomic E-state index is 0.0151. The van der Waals surface area contributed by atoms with Gasteiger partial charge in [0.05, 0.1) is 5.56 Å². The van der Waals surface area contributed by atoms with Crippen molar-refractivity contribution in [3.63, 3.8) is 0 Å². The highest BCUT2D eigenvalue weighted by Gasteiger charge is 2.33. The van der Waals surface area contributed by atoms with Gasteiger partial charge in [-0.25, -0.2) is 12.8 Å². The molecule has 1 amide bonds. The molecule has 2 aromatic rings. The van der Waals surface area contributed by atoms with Gasteiger partial charge >= 0.3 is 0 Å². The summed E-state index contributed by atoms with van der Waals surface area (Å²) < 4.78 is 43.3. The molecule has 0 unspecified atom stereocenters. The van der Waals surface area contributed by atoms with Gasteiger partial charge in [-0.2, -0.15) is 0 Å². The monoisotopic (exact) mass is 379 g/mol. The van der Waals surface area contributed by atoms with Gasteiger partial charge in [-0.1, -0.05) is 0 Å². The van der Waals surface area contributed by atoms with Crippen LogP contribution in [0.5, 0.6) is 0 Å². The zero-order valence-electron chi connectivity index (χ0n) is 15.0. The van der Waals surface area contributed by atoms with E-state index >= 15 is 0 Å². The Morgan fingerprint density at radius 3 is 2.23 bits per heavy atom. The van der Waals surface area contributed by atoms with Crippen molar-refractivity contribution in [2.45, 2.75) is 31.6 Å². The normalized spacial score (nSPS) is 14.7. The summed E-state index contributed by atoms with van der Waals surface area (Å²) in [5.41, 5.74) is 1.55. The zero-order chi connectivity index (χ0) is 19.1. The highest BCUT2D eigenvalue weighted by atomic mass is 32.2. The van der Waals surface area contributed by atoms with Crippen molar-refractivity contribution in [1.82, 2.24) is 9.47 Å². The average molecular weight is 379 g/mol. The summed E-state index contributed by atoms with van der Waals surface area (Å²) in [6.07, 6.45) is 1.85. The van der Waals surface area contributed by atoms with Crippen LogP contribution in [0.25, 0.3) is 0 Å². The number of nitrogens with one attached hydrogen (secondary N) is 1. The first-order chi connectivity index (χ1) is 12.2. The summed E-state index contributed by atoms with van der Waals surface area (Å²) in [7, 11) is -2.27. The fourth-order valence-corrected chi connectivity index (χ4v) is 4.88. The highest BCUT2D eigenvalue weighted by Crippen LogP contribution is 2.30. The van der Waals surface area contributed by atoms with E-state index in [9.17, 15) is 17.6 Å². The molecule has 3 rings (SSSR count). The van der Waals surface area contributed by atoms with Crippen molar-refractivity contribution in [2.24, 2.45) is 7.05 Å². The molecule has 26 heavy (non-hydrogen) atoms. The SMILES string of the molecule is Cc1c(C(=O)N2CCCC2)c(S(=O)(=O)Nc2ccc(F)cc2)c(C)n1C. The number of likely N-dealkylation sites (tertiary alicyclic amines) is 1. The Balaban J connectivity index is 2.06. The molecule has 1 aromatic heterocycles. The van der Waals surface area contributed by atoms with Gasteiger partial charge < -0.3 is 9.47 Å². The van der Waals surface area contributed by atoms with E-state index in [-0.39, 0.29) is 22.1 Å². The fourth-order valence-electron chi connectivity index (χ4n) is 3.30. The molecule has 6 nitrogen and oxygen atoms in total. The fraction of sp³-hybridized carbons (Fsp3) is 0.389. The Bertz CT molecular complexity index is 943. The molecule has 1 saturated heterocycles. The third kappa shape index (κ3) is 3.21. The number of benzene rings is 1. The van der Waals surface area contributed by atoms with E-state index in [2.05, 4.69) is 4.72 Å². The lowest BCUT2D eigenvalue weighted by atomic mass is 10.2. The van der Waals surface area contributed by atoms with E-state index in [0.717, 1.165) is 12.8 Å². The van der Waals surface area contributed by atoms with Crippen molar-refractivity contribution in [3.8, 4) is 0 Å². The van der Waals surface area contributed by atoms with Gasteiger partial charge in [0, 0.05) is 37.2 Å². The number of nitrogens with zero attached hydrogens (tertiary/aromatic N) is 2. The van der Waals surface area contributed by atoms with Crippen LogP contribution >= 0.6 is 0 Å². The average Bonchev–Trinajstić information content (AvgIpc) is 3.20. The van der Waals surface area contributed by atoms with Crippen LogP contribution in [0.1, 0.15) is 34.6 Å². The Kier molecular flexibility index (Phi) is 4.79. The summed E-state index contributed by atoms with van der Waals surface area (Å²) in [6, 6.07) is 5.05. The molecule has 0 saturated carbocycles. The Labute approximate surface area is 152 Å². The van der Waals surface area contributed by atoms with Crippen LogP contribution in [0, 0.1) is 19.7 Å². The molecule has 0 atom stereocenters. The van der Waals surface area contributed by atoms with Crippen molar-refractivity contribution < 1.29 is 17.6 Å². The third-order valence-corrected chi connectivity index (χ3v) is 6.44. The summed E-state index contributed by atoms with van der Waals surface area (Å²) in [4.78, 5) is 14.6. The van der Waals surface area contributed by atoms with Gasteiger partial charge in [0.25, 0.3) is 15.9 Å². The predicted octanol–water partition coefficient (Wildman–Crippen LogP) is 2.82. The highest BCUT2D eigenvalue weighted by molar-refractivity contribution is 7.92. The van der Waals surface area contributed by atoms with Gasteiger partial charge in [0.15, 0.2) is 0 Å². The standard InChI is InChI=1S/C18H22FN3O3S/c1-12-16(18(23)22-10-4-5-11-22)17(13(2)21(12)3)26(24,25)20-15-8-6-14(19)7-9-15/h6-9,20H,4-5,10-11H2,1-3H3. The van der Waals surface area contributed by atoms with Crippen LogP contribution in [0.4, 0.5) is 10.1 Å². The summed E-state index contributed by atoms with van der Waals surface area (Å²) in [6.45, 7) is 4.69. The van der Waals surface area contributed by atoms with E-state index < -0.39 is 15.8 Å². The van der Waals surface area contributed by atoms with Crippen molar-refractivity contribution in [2.75, 3.05) is 17.8 Å². The van der Waals surface area contributed by atoms with Crippen molar-refractivity contribution in [3.05, 3.63) is 47.0 Å². The topological polar surface area (TPSA) is 71.4 Å². The van der Waals surface area contributed by atoms with E-state index in [1.165, 1.54) is 24.3 Å². The van der Waals surface area contributed by atoms with Gasteiger partial charge in [0.2, 0.25) is 0 Å². The van der Waals surface area contributed by atoms with Crippen molar-refractivity contribution >= 4 is 21.6 Å². The van der Waals surface area contributed by atoms with E-state index in [1.54, 1.807) is 30.4 Å². The summed E-state index contributed by atoms with van der Waals surface area (Å²) in [5, 5.41) is 0. The number of sulfonamides is 1. The second-order valence-electron chi connectivity index (χ2n) is 6.55. The van der Waals surface area contributed by atoms with E-state index in [1.807, 2.05) is 0 Å². The molecule has 0 aliphatic carbocycles. The Morgan fingerprint density at radius 2 is 1.65 bits per heavy atom. The Hall–Kier alpha value is -2.35. The number of hydrogen-bond donors (Lipinski definition) is 1. The second kappa shape index (κ2) is 6.75. The molecule has 1 N–H and O–H groups in total. The summed E-state index contributed by atoms with van der Waals surface area (Å²) >= 11 is 0. The quantitative estimate of drug-likeness (QED) is 0.888. The maximum atomic E-state index is 13.1. The van der Waals surface area contributed by atoms with E-state index in [0.29, 0.717) is 24.5 Å². The van der Waals surface area contributed by atoms with Gasteiger partial charge in [0.1, 0.15) is 10.7 Å². The maximum absolute atomic E-state index is 13.1. The van der Waals surface area contributed by atoms with Crippen LogP contribution in [-0.4, -0.2) is 36.9 Å². The number of carbonyl (C=O) groups excluding carboxylic acids is 1. The molecule has 1 aromatic carbocycles. The number of anilines is 1. The lowest BCUT2D eigenvalue weighted by molar-refractivity contribution is 0.0788. The lowest BCUT2D eigenvalue weighted by Crippen LogP contribution is -2.30. The molecule has 140 valence electrons. The van der Waals surface area contributed by atoms with Gasteiger partial charge in [-0.05, 0) is 51.0 Å². The smallest absolute Gasteiger partial charge is 0.264 e. The van der Waals surface area contributed by atoms with Gasteiger partial charge in [-0.3, -0.25) is 9.52 Å². The number of carbonyl (C=O) groups is 1. The largest absolute Gasteiger partial charge is 0.350 e. The number of rotatable bonds is 4. The van der Waals surface area contributed by atoms with Crippen molar-refractivity contribution in [1.29, 1.82) is 0 Å². The minimum Gasteiger partial charge on any atom is -0.350 e. The molecule has 1 fully saturated rings. The van der Waals surface area contributed by atoms with Crippen LogP contribution in [0.2, 0.25) is 0 Å². The zero-order valence-corrected chi connectivity index (χ0v) is 15.9. The van der Waals surface area contributed by atoms with Crippen LogP contribution < -0.4 is 4.72 Å². The third-order valence-electron chi connectivity index (χ3n) is 4.90. The second-order valence-corrected chi connectivity index (χ2v) is 8.16. The molecule has 0 radical (unpaired) electrons. The summed E-state index contributed by atoms with van der Waals surface area (Å²) in [5.74, 6) is -0.715. The number of hydrogen-bond acceptors (Lipinski definition) is 3. The predicted molar refractivity (Wildman–Crippen MR) is 97.2 cm³/mol. The molecule has 0 spiro atoms.